The number of nitrogens with one attached hydrogen (secondary N) is 1. The lowest BCUT2D eigenvalue weighted by Gasteiger charge is -2.28. The number of nitrogens with zero attached hydrogens (tertiary/aromatic N) is 1. The second kappa shape index (κ2) is 6.36. The zero-order valence-corrected chi connectivity index (χ0v) is 14.3. The largest absolute Gasteiger partial charge is 0.350 e. The molecule has 4 rings (SSSR count). The molecule has 0 spiro atoms. The Kier molecular flexibility index (Phi) is 4.07. The van der Waals surface area contributed by atoms with Crippen LogP contribution >= 0.6 is 11.3 Å². The molecule has 2 aromatic heterocycles. The summed E-state index contributed by atoms with van der Waals surface area (Å²) in [6, 6.07) is 16.0. The number of hydrogen-bond donors (Lipinski definition) is 1. The van der Waals surface area contributed by atoms with Gasteiger partial charge in [-0.3, -0.25) is 4.79 Å². The number of rotatable bonds is 4. The molecule has 0 bridgehead atoms. The van der Waals surface area contributed by atoms with Crippen LogP contribution in [0.25, 0.3) is 10.9 Å². The van der Waals surface area contributed by atoms with Crippen LogP contribution in [0.2, 0.25) is 0 Å². The number of hydrogen-bond acceptors (Lipinski definition) is 3. The maximum atomic E-state index is 12.6. The monoisotopic (exact) mass is 336 g/mol. The van der Waals surface area contributed by atoms with Crippen LogP contribution in [0.5, 0.6) is 0 Å². The van der Waals surface area contributed by atoms with Crippen molar-refractivity contribution in [3.05, 3.63) is 64.5 Å². The molecular formula is C20H20N2OS. The van der Waals surface area contributed by atoms with Crippen molar-refractivity contribution in [3.63, 3.8) is 0 Å². The minimum Gasteiger partial charge on any atom is -0.350 e. The Balaban J connectivity index is 1.52. The first-order valence-corrected chi connectivity index (χ1v) is 9.33. The summed E-state index contributed by atoms with van der Waals surface area (Å²) in [6.45, 7) is 0.695. The fraction of sp³-hybridized carbons (Fsp3) is 0.300. The average Bonchev–Trinajstić information content (AvgIpc) is 3.31. The third-order valence-electron chi connectivity index (χ3n) is 5.02. The smallest absolute Gasteiger partial charge is 0.269 e. The summed E-state index contributed by atoms with van der Waals surface area (Å²) in [4.78, 5) is 18.5. The number of aromatic nitrogens is 1. The van der Waals surface area contributed by atoms with E-state index in [9.17, 15) is 4.79 Å². The summed E-state index contributed by atoms with van der Waals surface area (Å²) in [5.41, 5.74) is 1.47. The van der Waals surface area contributed by atoms with Gasteiger partial charge in [-0.2, -0.15) is 0 Å². The van der Waals surface area contributed by atoms with E-state index in [0.717, 1.165) is 23.7 Å². The molecule has 1 N–H and O–H groups in total. The number of carbonyl (C=O) groups is 1. The fourth-order valence-electron chi connectivity index (χ4n) is 3.67. The molecule has 1 saturated carbocycles. The lowest BCUT2D eigenvalue weighted by molar-refractivity contribution is 0.0939. The summed E-state index contributed by atoms with van der Waals surface area (Å²) in [5, 5.41) is 6.32. The SMILES string of the molecule is O=C(NCC1(c2cccs2)CCCC1)c1ccc2ccccc2n1. The lowest BCUT2D eigenvalue weighted by atomic mass is 9.84. The number of benzene rings is 1. The number of carbonyl (C=O) groups excluding carboxylic acids is 1. The van der Waals surface area contributed by atoms with E-state index >= 15 is 0 Å². The highest BCUT2D eigenvalue weighted by Gasteiger charge is 2.36. The Morgan fingerprint density at radius 1 is 1.08 bits per heavy atom. The van der Waals surface area contributed by atoms with Crippen LogP contribution in [0, 0.1) is 0 Å². The Bertz CT molecular complexity index is 851. The van der Waals surface area contributed by atoms with Gasteiger partial charge in [0.25, 0.3) is 5.91 Å². The zero-order valence-electron chi connectivity index (χ0n) is 13.5. The van der Waals surface area contributed by atoms with Crippen LogP contribution in [0.1, 0.15) is 41.0 Å². The first-order valence-electron chi connectivity index (χ1n) is 8.45. The summed E-state index contributed by atoms with van der Waals surface area (Å²) in [7, 11) is 0. The number of thiophene rings is 1. The second-order valence-electron chi connectivity index (χ2n) is 6.54. The molecule has 0 unspecified atom stereocenters. The van der Waals surface area contributed by atoms with Crippen molar-refractivity contribution in [2.45, 2.75) is 31.1 Å². The highest BCUT2D eigenvalue weighted by Crippen LogP contribution is 2.42. The van der Waals surface area contributed by atoms with Crippen molar-refractivity contribution in [1.82, 2.24) is 10.3 Å². The molecule has 2 heterocycles. The van der Waals surface area contributed by atoms with Crippen molar-refractivity contribution in [2.24, 2.45) is 0 Å². The van der Waals surface area contributed by atoms with Gasteiger partial charge in [-0.15, -0.1) is 11.3 Å². The topological polar surface area (TPSA) is 42.0 Å². The molecule has 1 fully saturated rings. The van der Waals surface area contributed by atoms with Gasteiger partial charge in [-0.05, 0) is 36.4 Å². The highest BCUT2D eigenvalue weighted by atomic mass is 32.1. The minimum atomic E-state index is -0.0800. The zero-order chi connectivity index (χ0) is 16.4. The van der Waals surface area contributed by atoms with E-state index in [1.54, 1.807) is 11.3 Å². The van der Waals surface area contributed by atoms with Crippen molar-refractivity contribution in [2.75, 3.05) is 6.54 Å². The summed E-state index contributed by atoms with van der Waals surface area (Å²) < 4.78 is 0. The Hall–Kier alpha value is -2.20. The molecule has 0 aliphatic heterocycles. The third-order valence-corrected chi connectivity index (χ3v) is 6.14. The van der Waals surface area contributed by atoms with Crippen LogP contribution in [-0.2, 0) is 5.41 Å². The molecule has 1 aromatic carbocycles. The van der Waals surface area contributed by atoms with Crippen LogP contribution in [-0.4, -0.2) is 17.4 Å². The molecule has 1 aliphatic carbocycles. The highest BCUT2D eigenvalue weighted by molar-refractivity contribution is 7.10. The normalized spacial score (nSPS) is 16.3. The Morgan fingerprint density at radius 2 is 1.92 bits per heavy atom. The van der Waals surface area contributed by atoms with Crippen molar-refractivity contribution in [1.29, 1.82) is 0 Å². The summed E-state index contributed by atoms with van der Waals surface area (Å²) in [6.07, 6.45) is 4.78. The maximum absolute atomic E-state index is 12.6. The van der Waals surface area contributed by atoms with E-state index in [0.29, 0.717) is 12.2 Å². The van der Waals surface area contributed by atoms with E-state index in [4.69, 9.17) is 0 Å². The first kappa shape index (κ1) is 15.3. The van der Waals surface area contributed by atoms with Gasteiger partial charge in [-0.25, -0.2) is 4.98 Å². The van der Waals surface area contributed by atoms with E-state index < -0.39 is 0 Å². The molecule has 1 amide bonds. The van der Waals surface area contributed by atoms with E-state index in [1.807, 2.05) is 36.4 Å². The van der Waals surface area contributed by atoms with Gasteiger partial charge in [0.15, 0.2) is 0 Å². The average molecular weight is 336 g/mol. The molecule has 0 saturated heterocycles. The Labute approximate surface area is 145 Å². The quantitative estimate of drug-likeness (QED) is 0.760. The third kappa shape index (κ3) is 2.82. The van der Waals surface area contributed by atoms with Gasteiger partial charge in [0.05, 0.1) is 5.52 Å². The van der Waals surface area contributed by atoms with Crippen molar-refractivity contribution in [3.8, 4) is 0 Å². The standard InChI is InChI=1S/C20H20N2OS/c23-19(17-10-9-15-6-1-2-7-16(15)22-17)21-14-20(11-3-4-12-20)18-8-5-13-24-18/h1-2,5-10,13H,3-4,11-12,14H2,(H,21,23). The number of para-hydroxylation sites is 1. The van der Waals surface area contributed by atoms with Gasteiger partial charge in [0.2, 0.25) is 0 Å². The molecular weight excluding hydrogens is 316 g/mol. The number of pyridine rings is 1. The van der Waals surface area contributed by atoms with Gasteiger partial charge < -0.3 is 5.32 Å². The van der Waals surface area contributed by atoms with Gasteiger partial charge in [0, 0.05) is 22.2 Å². The molecule has 24 heavy (non-hydrogen) atoms. The molecule has 0 radical (unpaired) electrons. The predicted octanol–water partition coefficient (Wildman–Crippen LogP) is 4.54. The van der Waals surface area contributed by atoms with Crippen molar-refractivity contribution < 1.29 is 4.79 Å². The van der Waals surface area contributed by atoms with Gasteiger partial charge in [-0.1, -0.05) is 43.2 Å². The minimum absolute atomic E-state index is 0.0800. The van der Waals surface area contributed by atoms with Gasteiger partial charge in [0.1, 0.15) is 5.69 Å². The van der Waals surface area contributed by atoms with Gasteiger partial charge >= 0.3 is 0 Å². The predicted molar refractivity (Wildman–Crippen MR) is 98.5 cm³/mol. The van der Waals surface area contributed by atoms with E-state index in [2.05, 4.69) is 27.8 Å². The second-order valence-corrected chi connectivity index (χ2v) is 7.48. The summed E-state index contributed by atoms with van der Waals surface area (Å²) >= 11 is 1.80. The van der Waals surface area contributed by atoms with Crippen LogP contribution < -0.4 is 5.32 Å². The molecule has 1 aliphatic rings. The number of fused-ring (bicyclic) bond motifs is 1. The summed E-state index contributed by atoms with van der Waals surface area (Å²) in [5.74, 6) is -0.0800. The van der Waals surface area contributed by atoms with Crippen LogP contribution in [0.15, 0.2) is 53.9 Å². The number of amides is 1. The van der Waals surface area contributed by atoms with Crippen LogP contribution in [0.4, 0.5) is 0 Å². The molecule has 0 atom stereocenters. The maximum Gasteiger partial charge on any atom is 0.269 e. The molecule has 122 valence electrons. The Morgan fingerprint density at radius 3 is 2.71 bits per heavy atom. The fourth-order valence-corrected chi connectivity index (χ4v) is 4.66. The van der Waals surface area contributed by atoms with Crippen LogP contribution in [0.3, 0.4) is 0 Å². The lowest BCUT2D eigenvalue weighted by Crippen LogP contribution is -2.38. The molecule has 3 aromatic rings. The van der Waals surface area contributed by atoms with E-state index in [1.165, 1.54) is 17.7 Å². The first-order chi connectivity index (χ1) is 11.8. The molecule has 3 nitrogen and oxygen atoms in total. The van der Waals surface area contributed by atoms with Crippen molar-refractivity contribution >= 4 is 28.1 Å². The molecule has 4 heteroatoms. The van der Waals surface area contributed by atoms with E-state index in [-0.39, 0.29) is 11.3 Å².